The molecule has 0 atom stereocenters. The van der Waals surface area contributed by atoms with Crippen LogP contribution in [0.2, 0.25) is 5.02 Å². The molecule has 0 radical (unpaired) electrons. The van der Waals surface area contributed by atoms with Crippen LogP contribution in [0.1, 0.15) is 39.6 Å². The van der Waals surface area contributed by atoms with Crippen molar-refractivity contribution >= 4 is 35.0 Å². The molecular weight excluding hydrogens is 421 g/mol. The first-order valence-electron chi connectivity index (χ1n) is 10.4. The largest absolute Gasteiger partial charge is 0.335 e. The number of fused-ring (bicyclic) bond motifs is 1. The summed E-state index contributed by atoms with van der Waals surface area (Å²) in [7, 11) is 0. The lowest BCUT2D eigenvalue weighted by atomic mass is 10.1. The van der Waals surface area contributed by atoms with Crippen LogP contribution >= 0.6 is 11.6 Å². The Morgan fingerprint density at radius 2 is 1.61 bits per heavy atom. The smallest absolute Gasteiger partial charge is 0.255 e. The first-order chi connectivity index (χ1) is 14.9. The molecule has 162 valence electrons. The van der Waals surface area contributed by atoms with E-state index in [0.717, 1.165) is 23.7 Å². The van der Waals surface area contributed by atoms with E-state index in [-0.39, 0.29) is 28.3 Å². The number of amides is 3. The number of piperazine rings is 1. The fourth-order valence-electron chi connectivity index (χ4n) is 4.11. The van der Waals surface area contributed by atoms with Gasteiger partial charge in [-0.3, -0.25) is 14.4 Å². The number of halogens is 2. The summed E-state index contributed by atoms with van der Waals surface area (Å²) in [6, 6.07) is 9.20. The van der Waals surface area contributed by atoms with Crippen molar-refractivity contribution in [2.75, 3.05) is 37.6 Å². The summed E-state index contributed by atoms with van der Waals surface area (Å²) in [6.45, 7) is 4.05. The van der Waals surface area contributed by atoms with Gasteiger partial charge in [0.25, 0.3) is 11.8 Å². The maximum absolute atomic E-state index is 13.2. The quantitative estimate of drug-likeness (QED) is 0.730. The van der Waals surface area contributed by atoms with Gasteiger partial charge in [-0.05, 0) is 48.4 Å². The second kappa shape index (κ2) is 8.67. The van der Waals surface area contributed by atoms with Gasteiger partial charge in [0.2, 0.25) is 5.91 Å². The lowest BCUT2D eigenvalue weighted by Crippen LogP contribution is -2.50. The van der Waals surface area contributed by atoms with Crippen molar-refractivity contribution in [3.8, 4) is 0 Å². The van der Waals surface area contributed by atoms with Crippen LogP contribution in [0.25, 0.3) is 0 Å². The van der Waals surface area contributed by atoms with Crippen LogP contribution in [0.5, 0.6) is 0 Å². The summed E-state index contributed by atoms with van der Waals surface area (Å²) < 4.78 is 13.2. The van der Waals surface area contributed by atoms with Crippen molar-refractivity contribution in [3.05, 3.63) is 63.9 Å². The van der Waals surface area contributed by atoms with E-state index in [1.165, 1.54) is 12.1 Å². The summed E-state index contributed by atoms with van der Waals surface area (Å²) in [6.07, 6.45) is 1.19. The van der Waals surface area contributed by atoms with E-state index in [1.54, 1.807) is 20.8 Å². The van der Waals surface area contributed by atoms with Crippen LogP contribution in [-0.4, -0.2) is 60.2 Å². The monoisotopic (exact) mass is 443 g/mol. The highest BCUT2D eigenvalue weighted by Crippen LogP contribution is 2.30. The molecule has 2 heterocycles. The van der Waals surface area contributed by atoms with Crippen LogP contribution in [0.4, 0.5) is 10.1 Å². The van der Waals surface area contributed by atoms with E-state index in [0.29, 0.717) is 44.7 Å². The average Bonchev–Trinajstić information content (AvgIpc) is 3.21. The molecule has 0 aliphatic carbocycles. The minimum absolute atomic E-state index is 0.0808. The lowest BCUT2D eigenvalue weighted by molar-refractivity contribution is -0.118. The van der Waals surface area contributed by atoms with Gasteiger partial charge in [-0.2, -0.15) is 0 Å². The predicted molar refractivity (Wildman–Crippen MR) is 116 cm³/mol. The molecule has 6 nitrogen and oxygen atoms in total. The summed E-state index contributed by atoms with van der Waals surface area (Å²) in [5.74, 6) is -0.765. The highest BCUT2D eigenvalue weighted by Gasteiger charge is 2.28. The fraction of sp³-hybridized carbons (Fsp3) is 0.348. The molecule has 8 heteroatoms. The molecule has 31 heavy (non-hydrogen) atoms. The second-order valence-corrected chi connectivity index (χ2v) is 8.11. The minimum atomic E-state index is -0.492. The first kappa shape index (κ1) is 21.3. The van der Waals surface area contributed by atoms with Crippen LogP contribution in [0.15, 0.2) is 36.4 Å². The molecule has 4 rings (SSSR count). The van der Waals surface area contributed by atoms with Gasteiger partial charge < -0.3 is 14.7 Å². The van der Waals surface area contributed by atoms with E-state index < -0.39 is 5.82 Å². The van der Waals surface area contributed by atoms with Crippen LogP contribution in [0, 0.1) is 5.82 Å². The molecule has 0 saturated carbocycles. The van der Waals surface area contributed by atoms with E-state index in [2.05, 4.69) is 0 Å². The van der Waals surface area contributed by atoms with Crippen molar-refractivity contribution in [1.82, 2.24) is 9.80 Å². The molecule has 1 fully saturated rings. The summed E-state index contributed by atoms with van der Waals surface area (Å²) in [5.41, 5.74) is 2.74. The highest BCUT2D eigenvalue weighted by molar-refractivity contribution is 6.33. The Balaban J connectivity index is 1.41. The molecule has 2 aliphatic heterocycles. The van der Waals surface area contributed by atoms with Crippen LogP contribution in [-0.2, 0) is 11.2 Å². The van der Waals surface area contributed by atoms with Gasteiger partial charge >= 0.3 is 0 Å². The predicted octanol–water partition coefficient (Wildman–Crippen LogP) is 3.38. The Labute approximate surface area is 185 Å². The SMILES string of the molecule is CCC(=O)N1CCc2cc(C(=O)N3CCN(C(=O)c4ccc(F)cc4Cl)CC3)ccc21. The number of nitrogens with zero attached hydrogens (tertiary/aromatic N) is 3. The number of carbonyl (C=O) groups excluding carboxylic acids is 3. The summed E-state index contributed by atoms with van der Waals surface area (Å²) in [5, 5.41) is 0.0808. The van der Waals surface area contributed by atoms with Crippen molar-refractivity contribution in [1.29, 1.82) is 0 Å². The third-order valence-corrected chi connectivity index (χ3v) is 6.15. The Bertz CT molecular complexity index is 1050. The molecule has 0 aromatic heterocycles. The molecule has 2 aromatic rings. The fourth-order valence-corrected chi connectivity index (χ4v) is 4.36. The molecule has 0 N–H and O–H groups in total. The normalized spacial score (nSPS) is 15.8. The molecule has 0 bridgehead atoms. The lowest BCUT2D eigenvalue weighted by Gasteiger charge is -2.35. The molecule has 2 aliphatic rings. The van der Waals surface area contributed by atoms with E-state index in [9.17, 15) is 18.8 Å². The topological polar surface area (TPSA) is 60.9 Å². The summed E-state index contributed by atoms with van der Waals surface area (Å²) in [4.78, 5) is 42.9. The van der Waals surface area contributed by atoms with Crippen molar-refractivity contribution < 1.29 is 18.8 Å². The zero-order chi connectivity index (χ0) is 22.1. The Hall–Kier alpha value is -2.93. The maximum Gasteiger partial charge on any atom is 0.255 e. The van der Waals surface area contributed by atoms with E-state index in [1.807, 2.05) is 19.1 Å². The summed E-state index contributed by atoms with van der Waals surface area (Å²) >= 11 is 6.01. The third kappa shape index (κ3) is 4.14. The number of rotatable bonds is 3. The zero-order valence-corrected chi connectivity index (χ0v) is 18.0. The number of carbonyl (C=O) groups is 3. The number of anilines is 1. The van der Waals surface area contributed by atoms with Crippen molar-refractivity contribution in [2.24, 2.45) is 0 Å². The second-order valence-electron chi connectivity index (χ2n) is 7.70. The molecule has 3 amide bonds. The van der Waals surface area contributed by atoms with E-state index >= 15 is 0 Å². The highest BCUT2D eigenvalue weighted by atomic mass is 35.5. The average molecular weight is 444 g/mol. The Morgan fingerprint density at radius 1 is 0.935 bits per heavy atom. The standard InChI is InChI=1S/C23H23ClFN3O3/c1-2-21(29)28-8-7-15-13-16(3-6-20(15)28)22(30)26-9-11-27(12-10-26)23(31)18-5-4-17(25)14-19(18)24/h3-6,13-14H,2,7-12H2,1H3. The Morgan fingerprint density at radius 3 is 2.26 bits per heavy atom. The number of hydrogen-bond donors (Lipinski definition) is 0. The minimum Gasteiger partial charge on any atom is -0.335 e. The number of hydrogen-bond acceptors (Lipinski definition) is 3. The molecular formula is C23H23ClFN3O3. The number of benzene rings is 2. The molecule has 1 saturated heterocycles. The van der Waals surface area contributed by atoms with E-state index in [4.69, 9.17) is 11.6 Å². The van der Waals surface area contributed by atoms with Crippen LogP contribution < -0.4 is 4.90 Å². The molecule has 0 unspecified atom stereocenters. The van der Waals surface area contributed by atoms with Gasteiger partial charge in [-0.1, -0.05) is 18.5 Å². The van der Waals surface area contributed by atoms with Gasteiger partial charge in [0.05, 0.1) is 10.6 Å². The van der Waals surface area contributed by atoms with Crippen LogP contribution in [0.3, 0.4) is 0 Å². The maximum atomic E-state index is 13.2. The zero-order valence-electron chi connectivity index (χ0n) is 17.2. The third-order valence-electron chi connectivity index (χ3n) is 5.84. The van der Waals surface area contributed by atoms with Gasteiger partial charge in [0, 0.05) is 50.4 Å². The van der Waals surface area contributed by atoms with Gasteiger partial charge in [0.15, 0.2) is 0 Å². The van der Waals surface area contributed by atoms with Crippen molar-refractivity contribution in [3.63, 3.8) is 0 Å². The van der Waals surface area contributed by atoms with Crippen molar-refractivity contribution in [2.45, 2.75) is 19.8 Å². The van der Waals surface area contributed by atoms with Gasteiger partial charge in [-0.15, -0.1) is 0 Å². The molecule has 2 aromatic carbocycles. The first-order valence-corrected chi connectivity index (χ1v) is 10.7. The molecule has 0 spiro atoms. The van der Waals surface area contributed by atoms with Gasteiger partial charge in [-0.25, -0.2) is 4.39 Å². The Kier molecular flexibility index (Phi) is 5.96. The van der Waals surface area contributed by atoms with Gasteiger partial charge in [0.1, 0.15) is 5.82 Å².